The molecule has 0 radical (unpaired) electrons. The molecule has 3 nitrogen and oxygen atoms in total. The Bertz CT molecular complexity index is 464. The number of hydrogen-bond donors (Lipinski definition) is 0. The van der Waals surface area contributed by atoms with Crippen LogP contribution in [0.25, 0.3) is 0 Å². The molecule has 0 aliphatic carbocycles. The molecule has 2 rings (SSSR count). The fourth-order valence-electron chi connectivity index (χ4n) is 1.95. The molecule has 0 spiro atoms. The monoisotopic (exact) mass is 260 g/mol. The predicted octanol–water partition coefficient (Wildman–Crippen LogP) is 2.51. The molecular weight excluding hydrogens is 248 g/mol. The van der Waals surface area contributed by atoms with Gasteiger partial charge in [-0.25, -0.2) is 8.42 Å². The lowest BCUT2D eigenvalue weighted by molar-refractivity contribution is 0.0853. The Morgan fingerprint density at radius 3 is 2.56 bits per heavy atom. The van der Waals surface area contributed by atoms with Crippen LogP contribution in [0.4, 0.5) is 0 Å². The van der Waals surface area contributed by atoms with E-state index in [0.29, 0.717) is 5.92 Å². The van der Waals surface area contributed by atoms with Gasteiger partial charge >= 0.3 is 0 Å². The van der Waals surface area contributed by atoms with Crippen LogP contribution in [0.15, 0.2) is 29.2 Å². The Hall–Kier alpha value is -0.580. The van der Waals surface area contributed by atoms with Crippen molar-refractivity contribution in [2.24, 2.45) is 0 Å². The predicted molar refractivity (Wildman–Crippen MR) is 62.3 cm³/mol. The normalized spacial score (nSPS) is 18.6. The van der Waals surface area contributed by atoms with Crippen LogP contribution in [-0.2, 0) is 13.8 Å². The largest absolute Gasteiger partial charge is 0.381 e. The van der Waals surface area contributed by atoms with Crippen LogP contribution in [-0.4, -0.2) is 21.6 Å². The summed E-state index contributed by atoms with van der Waals surface area (Å²) in [5.41, 5.74) is 1.03. The lowest BCUT2D eigenvalue weighted by Crippen LogP contribution is -2.14. The second-order valence-electron chi connectivity index (χ2n) is 3.90. The summed E-state index contributed by atoms with van der Waals surface area (Å²) in [6.45, 7) is 1.48. The maximum absolute atomic E-state index is 11.2. The van der Waals surface area contributed by atoms with E-state index in [4.69, 9.17) is 15.4 Å². The van der Waals surface area contributed by atoms with Gasteiger partial charge in [0.05, 0.1) is 4.90 Å². The molecule has 0 bridgehead atoms. The highest BCUT2D eigenvalue weighted by atomic mass is 35.7. The number of hydrogen-bond acceptors (Lipinski definition) is 3. The zero-order chi connectivity index (χ0) is 11.6. The van der Waals surface area contributed by atoms with Gasteiger partial charge in [-0.3, -0.25) is 0 Å². The van der Waals surface area contributed by atoms with E-state index >= 15 is 0 Å². The molecule has 1 fully saturated rings. The smallest absolute Gasteiger partial charge is 0.261 e. The van der Waals surface area contributed by atoms with Gasteiger partial charge in [-0.05, 0) is 36.5 Å². The number of ether oxygens (including phenoxy) is 1. The first-order valence-corrected chi connectivity index (χ1v) is 7.50. The Balaban J connectivity index is 2.28. The summed E-state index contributed by atoms with van der Waals surface area (Å²) in [4.78, 5) is 0.179. The van der Waals surface area contributed by atoms with Gasteiger partial charge in [0.2, 0.25) is 0 Å². The van der Waals surface area contributed by atoms with E-state index in [1.165, 1.54) is 6.07 Å². The second kappa shape index (κ2) is 4.73. The quantitative estimate of drug-likeness (QED) is 0.768. The van der Waals surface area contributed by atoms with Crippen LogP contribution >= 0.6 is 10.7 Å². The first-order chi connectivity index (χ1) is 7.57. The lowest BCUT2D eigenvalue weighted by Gasteiger charge is -2.22. The van der Waals surface area contributed by atoms with Crippen molar-refractivity contribution in [3.8, 4) is 0 Å². The molecule has 0 N–H and O–H groups in total. The van der Waals surface area contributed by atoms with E-state index in [-0.39, 0.29) is 4.90 Å². The topological polar surface area (TPSA) is 43.4 Å². The highest BCUT2D eigenvalue weighted by Crippen LogP contribution is 2.28. The van der Waals surface area contributed by atoms with Crippen LogP contribution in [0.2, 0.25) is 0 Å². The number of halogens is 1. The number of benzene rings is 1. The van der Waals surface area contributed by atoms with E-state index in [9.17, 15) is 8.42 Å². The molecule has 1 aromatic rings. The van der Waals surface area contributed by atoms with Crippen LogP contribution < -0.4 is 0 Å². The highest BCUT2D eigenvalue weighted by molar-refractivity contribution is 8.13. The van der Waals surface area contributed by atoms with E-state index < -0.39 is 9.05 Å². The Morgan fingerprint density at radius 2 is 1.94 bits per heavy atom. The average Bonchev–Trinajstić information content (AvgIpc) is 2.29. The van der Waals surface area contributed by atoms with Crippen molar-refractivity contribution in [1.82, 2.24) is 0 Å². The first-order valence-electron chi connectivity index (χ1n) is 5.20. The molecule has 0 saturated carbocycles. The maximum atomic E-state index is 11.2. The summed E-state index contributed by atoms with van der Waals surface area (Å²) >= 11 is 0. The molecule has 16 heavy (non-hydrogen) atoms. The maximum Gasteiger partial charge on any atom is 0.261 e. The number of rotatable bonds is 2. The van der Waals surface area contributed by atoms with Crippen molar-refractivity contribution in [1.29, 1.82) is 0 Å². The van der Waals surface area contributed by atoms with Crippen molar-refractivity contribution in [2.75, 3.05) is 13.2 Å². The molecule has 1 aliphatic rings. The van der Waals surface area contributed by atoms with Crippen molar-refractivity contribution < 1.29 is 13.2 Å². The SMILES string of the molecule is O=S(=O)(Cl)c1cccc(C2CCOCC2)c1. The zero-order valence-corrected chi connectivity index (χ0v) is 10.3. The lowest BCUT2D eigenvalue weighted by atomic mass is 9.92. The molecule has 1 aromatic carbocycles. The van der Waals surface area contributed by atoms with E-state index in [2.05, 4.69) is 0 Å². The molecule has 1 saturated heterocycles. The fourth-order valence-corrected chi connectivity index (χ4v) is 2.76. The summed E-state index contributed by atoms with van der Waals surface area (Å²) in [7, 11) is 1.69. The highest BCUT2D eigenvalue weighted by Gasteiger charge is 2.18. The van der Waals surface area contributed by atoms with Crippen LogP contribution in [0.5, 0.6) is 0 Å². The molecule has 0 atom stereocenters. The third-order valence-corrected chi connectivity index (χ3v) is 4.18. The van der Waals surface area contributed by atoms with Gasteiger partial charge < -0.3 is 4.74 Å². The van der Waals surface area contributed by atoms with E-state index in [1.54, 1.807) is 12.1 Å². The average molecular weight is 261 g/mol. The Morgan fingerprint density at radius 1 is 1.25 bits per heavy atom. The fraction of sp³-hybridized carbons (Fsp3) is 0.455. The standard InChI is InChI=1S/C11H13ClO3S/c12-16(13,14)11-3-1-2-10(8-11)9-4-6-15-7-5-9/h1-3,8-9H,4-7H2. The van der Waals surface area contributed by atoms with E-state index in [0.717, 1.165) is 31.6 Å². The third kappa shape index (κ3) is 2.75. The van der Waals surface area contributed by atoms with Crippen LogP contribution in [0, 0.1) is 0 Å². The minimum atomic E-state index is -3.62. The molecular formula is C11H13ClO3S. The van der Waals surface area contributed by atoms with Gasteiger partial charge in [0.1, 0.15) is 0 Å². The van der Waals surface area contributed by atoms with Gasteiger partial charge in [-0.1, -0.05) is 12.1 Å². The third-order valence-electron chi connectivity index (χ3n) is 2.83. The van der Waals surface area contributed by atoms with Crippen LogP contribution in [0.1, 0.15) is 24.3 Å². The zero-order valence-electron chi connectivity index (χ0n) is 8.73. The Kier molecular flexibility index (Phi) is 3.52. The van der Waals surface area contributed by atoms with E-state index in [1.807, 2.05) is 6.07 Å². The summed E-state index contributed by atoms with van der Waals surface area (Å²) in [5.74, 6) is 0.382. The van der Waals surface area contributed by atoms with Gasteiger partial charge in [0, 0.05) is 23.9 Å². The molecule has 88 valence electrons. The molecule has 1 heterocycles. The molecule has 5 heteroatoms. The van der Waals surface area contributed by atoms with Crippen molar-refractivity contribution in [3.63, 3.8) is 0 Å². The van der Waals surface area contributed by atoms with Crippen LogP contribution in [0.3, 0.4) is 0 Å². The van der Waals surface area contributed by atoms with Crippen molar-refractivity contribution in [3.05, 3.63) is 29.8 Å². The first kappa shape index (κ1) is 11.9. The van der Waals surface area contributed by atoms with Gasteiger partial charge in [-0.15, -0.1) is 0 Å². The molecule has 0 aromatic heterocycles. The van der Waals surface area contributed by atoms with Gasteiger partial charge in [0.15, 0.2) is 0 Å². The summed E-state index contributed by atoms with van der Waals surface area (Å²) in [6.07, 6.45) is 1.87. The summed E-state index contributed by atoms with van der Waals surface area (Å²) in [6, 6.07) is 6.87. The molecule has 0 unspecified atom stereocenters. The Labute approximate surface area is 99.8 Å². The molecule has 1 aliphatic heterocycles. The second-order valence-corrected chi connectivity index (χ2v) is 6.46. The minimum Gasteiger partial charge on any atom is -0.381 e. The molecule has 0 amide bonds. The summed E-state index contributed by atoms with van der Waals surface area (Å²) in [5, 5.41) is 0. The van der Waals surface area contributed by atoms with Gasteiger partial charge in [0.25, 0.3) is 9.05 Å². The summed E-state index contributed by atoms with van der Waals surface area (Å²) < 4.78 is 27.7. The van der Waals surface area contributed by atoms with Gasteiger partial charge in [-0.2, -0.15) is 0 Å². The van der Waals surface area contributed by atoms with Crippen molar-refractivity contribution in [2.45, 2.75) is 23.7 Å². The minimum absolute atomic E-state index is 0.179. The van der Waals surface area contributed by atoms with Crippen molar-refractivity contribution >= 4 is 19.7 Å².